The van der Waals surface area contributed by atoms with E-state index in [1.807, 2.05) is 34.9 Å². The van der Waals surface area contributed by atoms with Crippen molar-refractivity contribution in [3.05, 3.63) is 77.5 Å². The van der Waals surface area contributed by atoms with Gasteiger partial charge in [-0.3, -0.25) is 0 Å². The van der Waals surface area contributed by atoms with Gasteiger partial charge in [0.1, 0.15) is 5.58 Å². The molecule has 0 fully saturated rings. The molecular formula is C24H18F3NO3. The third-order valence-corrected chi connectivity index (χ3v) is 5.88. The molecule has 0 spiro atoms. The van der Waals surface area contributed by atoms with Crippen molar-refractivity contribution in [1.29, 1.82) is 0 Å². The summed E-state index contributed by atoms with van der Waals surface area (Å²) in [7, 11) is 0. The van der Waals surface area contributed by atoms with Crippen LogP contribution < -0.4 is 0 Å². The number of benzene rings is 2. The second kappa shape index (κ2) is 7.04. The standard InChI is InChI=1S/C24H18F3NO3/c25-24(26,27)17-8-9-19-16(10-17)12-20(22-13-14-4-1-2-7-21(14)31-22)28(19)18-6-3-5-15(11-18)23(29)30/h1-7,11-13,17H,8-10H2,(H,29,30). The number of furan rings is 1. The van der Waals surface area contributed by atoms with E-state index in [0.29, 0.717) is 28.3 Å². The Hall–Kier alpha value is -3.48. The fourth-order valence-corrected chi connectivity index (χ4v) is 4.37. The van der Waals surface area contributed by atoms with Crippen LogP contribution in [0.4, 0.5) is 13.2 Å². The van der Waals surface area contributed by atoms with Crippen molar-refractivity contribution in [2.75, 3.05) is 0 Å². The van der Waals surface area contributed by atoms with Gasteiger partial charge in [0.25, 0.3) is 0 Å². The third-order valence-electron chi connectivity index (χ3n) is 5.88. The summed E-state index contributed by atoms with van der Waals surface area (Å²) in [5.74, 6) is -1.92. The van der Waals surface area contributed by atoms with Crippen molar-refractivity contribution in [3.63, 3.8) is 0 Å². The molecule has 0 saturated carbocycles. The molecule has 0 radical (unpaired) electrons. The minimum absolute atomic E-state index is 0.00128. The first-order chi connectivity index (χ1) is 14.8. The molecule has 2 aromatic heterocycles. The van der Waals surface area contributed by atoms with Crippen LogP contribution in [0, 0.1) is 5.92 Å². The number of aromatic carboxylic acids is 1. The smallest absolute Gasteiger partial charge is 0.392 e. The fourth-order valence-electron chi connectivity index (χ4n) is 4.37. The number of hydrogen-bond donors (Lipinski definition) is 1. The van der Waals surface area contributed by atoms with E-state index in [0.717, 1.165) is 11.1 Å². The molecule has 2 heterocycles. The van der Waals surface area contributed by atoms with Crippen molar-refractivity contribution in [3.8, 4) is 17.1 Å². The maximum Gasteiger partial charge on any atom is 0.392 e. The monoisotopic (exact) mass is 425 g/mol. The van der Waals surface area contributed by atoms with E-state index in [2.05, 4.69) is 0 Å². The van der Waals surface area contributed by atoms with E-state index >= 15 is 0 Å². The quantitative estimate of drug-likeness (QED) is 0.422. The topological polar surface area (TPSA) is 55.4 Å². The Morgan fingerprint density at radius 2 is 1.87 bits per heavy atom. The first kappa shape index (κ1) is 19.5. The maximum atomic E-state index is 13.4. The summed E-state index contributed by atoms with van der Waals surface area (Å²) >= 11 is 0. The summed E-state index contributed by atoms with van der Waals surface area (Å²) in [6, 6.07) is 17.5. The Bertz CT molecular complexity index is 1270. The molecule has 7 heteroatoms. The number of nitrogens with zero attached hydrogens (tertiary/aromatic N) is 1. The van der Waals surface area contributed by atoms with Gasteiger partial charge in [-0.15, -0.1) is 0 Å². The third kappa shape index (κ3) is 3.40. The van der Waals surface area contributed by atoms with E-state index < -0.39 is 18.1 Å². The first-order valence-electron chi connectivity index (χ1n) is 9.94. The van der Waals surface area contributed by atoms with Gasteiger partial charge in [-0.1, -0.05) is 24.3 Å². The number of fused-ring (bicyclic) bond motifs is 2. The van der Waals surface area contributed by atoms with Crippen molar-refractivity contribution in [2.45, 2.75) is 25.4 Å². The highest BCUT2D eigenvalue weighted by atomic mass is 19.4. The molecule has 1 aliphatic carbocycles. The van der Waals surface area contributed by atoms with Gasteiger partial charge < -0.3 is 14.1 Å². The highest BCUT2D eigenvalue weighted by Crippen LogP contribution is 2.41. The number of carboxylic acid groups (broad SMARTS) is 1. The van der Waals surface area contributed by atoms with Crippen LogP contribution in [-0.2, 0) is 12.8 Å². The molecule has 1 aliphatic rings. The first-order valence-corrected chi connectivity index (χ1v) is 9.94. The lowest BCUT2D eigenvalue weighted by atomic mass is 9.87. The van der Waals surface area contributed by atoms with Crippen molar-refractivity contribution >= 4 is 16.9 Å². The molecular weight excluding hydrogens is 407 g/mol. The lowest BCUT2D eigenvalue weighted by Crippen LogP contribution is -2.29. The molecule has 0 saturated heterocycles. The van der Waals surface area contributed by atoms with Crippen LogP contribution >= 0.6 is 0 Å². The Balaban J connectivity index is 1.71. The zero-order valence-electron chi connectivity index (χ0n) is 16.3. The number of rotatable bonds is 3. The molecule has 1 unspecified atom stereocenters. The summed E-state index contributed by atoms with van der Waals surface area (Å²) in [4.78, 5) is 11.5. The zero-order valence-corrected chi connectivity index (χ0v) is 16.3. The van der Waals surface area contributed by atoms with Crippen LogP contribution in [0.5, 0.6) is 0 Å². The number of halogens is 3. The SMILES string of the molecule is O=C(O)c1cccc(-n2c(-c3cc4ccccc4o3)cc3c2CCC(C(F)(F)F)C3)c1. The van der Waals surface area contributed by atoms with Crippen LogP contribution in [0.25, 0.3) is 28.1 Å². The number of hydrogen-bond acceptors (Lipinski definition) is 2. The molecule has 31 heavy (non-hydrogen) atoms. The summed E-state index contributed by atoms with van der Waals surface area (Å²) in [6.07, 6.45) is -4.10. The summed E-state index contributed by atoms with van der Waals surface area (Å²) in [5.41, 5.74) is 3.37. The van der Waals surface area contributed by atoms with Gasteiger partial charge in [0.2, 0.25) is 0 Å². The Kier molecular flexibility index (Phi) is 4.43. The predicted molar refractivity (Wildman–Crippen MR) is 110 cm³/mol. The van der Waals surface area contributed by atoms with E-state index in [9.17, 15) is 23.1 Å². The van der Waals surface area contributed by atoms with Crippen molar-refractivity contribution in [2.24, 2.45) is 5.92 Å². The molecule has 4 aromatic rings. The normalized spacial score (nSPS) is 16.4. The van der Waals surface area contributed by atoms with E-state index in [1.54, 1.807) is 18.2 Å². The number of para-hydroxylation sites is 1. The van der Waals surface area contributed by atoms with Gasteiger partial charge in [-0.25, -0.2) is 4.79 Å². The van der Waals surface area contributed by atoms with Crippen molar-refractivity contribution < 1.29 is 27.5 Å². The van der Waals surface area contributed by atoms with E-state index in [1.165, 1.54) is 12.1 Å². The molecule has 0 aliphatic heterocycles. The van der Waals surface area contributed by atoms with E-state index in [4.69, 9.17) is 4.42 Å². The molecule has 5 rings (SSSR count). The number of aromatic nitrogens is 1. The molecule has 4 nitrogen and oxygen atoms in total. The summed E-state index contributed by atoms with van der Waals surface area (Å²) in [5, 5.41) is 10.3. The lowest BCUT2D eigenvalue weighted by Gasteiger charge is -2.26. The van der Waals surface area contributed by atoms with Gasteiger partial charge in [-0.2, -0.15) is 13.2 Å². The molecule has 1 atom stereocenters. The van der Waals surface area contributed by atoms with Crippen LogP contribution in [-0.4, -0.2) is 21.8 Å². The van der Waals surface area contributed by atoms with E-state index in [-0.39, 0.29) is 24.8 Å². The minimum Gasteiger partial charge on any atom is -0.478 e. The fraction of sp³-hybridized carbons (Fsp3) is 0.208. The Morgan fingerprint density at radius 3 is 2.61 bits per heavy atom. The average Bonchev–Trinajstić information content (AvgIpc) is 3.34. The second-order valence-corrected chi connectivity index (χ2v) is 7.82. The van der Waals surface area contributed by atoms with Crippen LogP contribution in [0.1, 0.15) is 28.0 Å². The highest BCUT2D eigenvalue weighted by Gasteiger charge is 2.42. The summed E-state index contributed by atoms with van der Waals surface area (Å²) < 4.78 is 48.0. The zero-order chi connectivity index (χ0) is 21.8. The van der Waals surface area contributed by atoms with Gasteiger partial charge >= 0.3 is 12.1 Å². The molecule has 1 N–H and O–H groups in total. The number of carboxylic acids is 1. The molecule has 0 amide bonds. The molecule has 158 valence electrons. The van der Waals surface area contributed by atoms with Crippen LogP contribution in [0.3, 0.4) is 0 Å². The van der Waals surface area contributed by atoms with Gasteiger partial charge in [-0.05, 0) is 61.2 Å². The van der Waals surface area contributed by atoms with Gasteiger partial charge in [0, 0.05) is 16.8 Å². The van der Waals surface area contributed by atoms with Gasteiger partial charge in [0.05, 0.1) is 17.2 Å². The second-order valence-electron chi connectivity index (χ2n) is 7.82. The molecule has 2 aromatic carbocycles. The summed E-state index contributed by atoms with van der Waals surface area (Å²) in [6.45, 7) is 0. The number of carbonyl (C=O) groups is 1. The van der Waals surface area contributed by atoms with Crippen LogP contribution in [0.2, 0.25) is 0 Å². The number of alkyl halides is 3. The van der Waals surface area contributed by atoms with Crippen LogP contribution in [0.15, 0.2) is 65.1 Å². The molecule has 0 bridgehead atoms. The average molecular weight is 425 g/mol. The van der Waals surface area contributed by atoms with Gasteiger partial charge in [0.15, 0.2) is 5.76 Å². The predicted octanol–water partition coefficient (Wildman–Crippen LogP) is 6.26. The largest absolute Gasteiger partial charge is 0.478 e. The van der Waals surface area contributed by atoms with Crippen molar-refractivity contribution in [1.82, 2.24) is 4.57 Å². The minimum atomic E-state index is -4.25. The lowest BCUT2D eigenvalue weighted by molar-refractivity contribution is -0.177. The maximum absolute atomic E-state index is 13.4. The Morgan fingerprint density at radius 1 is 1.06 bits per heavy atom. The Labute approximate surface area is 175 Å². The highest BCUT2D eigenvalue weighted by molar-refractivity contribution is 5.88.